The molecule has 22 heavy (non-hydrogen) atoms. The molecule has 120 valence electrons. The van der Waals surface area contributed by atoms with Crippen LogP contribution in [0.4, 0.5) is 11.4 Å². The molecule has 0 saturated heterocycles. The number of nitrogens with zero attached hydrogens (tertiary/aromatic N) is 1. The Morgan fingerprint density at radius 3 is 2.50 bits per heavy atom. The van der Waals surface area contributed by atoms with Crippen LogP contribution in [0.1, 0.15) is 20.3 Å². The van der Waals surface area contributed by atoms with Crippen molar-refractivity contribution in [3.63, 3.8) is 0 Å². The zero-order valence-electron chi connectivity index (χ0n) is 12.4. The fourth-order valence-corrected chi connectivity index (χ4v) is 1.90. The average molecular weight is 309 g/mol. The molecule has 1 aromatic rings. The number of anilines is 1. The van der Waals surface area contributed by atoms with Gasteiger partial charge in [0.1, 0.15) is 11.7 Å². The Balaban J connectivity index is 2.62. The number of nitro groups is 1. The zero-order chi connectivity index (χ0) is 16.7. The van der Waals surface area contributed by atoms with Crippen LogP contribution in [-0.4, -0.2) is 34.5 Å². The first-order valence-corrected chi connectivity index (χ1v) is 6.80. The molecule has 1 unspecified atom stereocenters. The SMILES string of the molecule is CC(C)CC(NC(=O)CNc1ccccc1[N+](=O)[O-])C(=O)O. The van der Waals surface area contributed by atoms with E-state index in [1.54, 1.807) is 6.07 Å². The summed E-state index contributed by atoms with van der Waals surface area (Å²) in [6.07, 6.45) is 0.312. The van der Waals surface area contributed by atoms with Crippen LogP contribution < -0.4 is 10.6 Å². The standard InChI is InChI=1S/C14H19N3O5/c1-9(2)7-11(14(19)20)16-13(18)8-15-10-5-3-4-6-12(10)17(21)22/h3-6,9,11,15H,7-8H2,1-2H3,(H,16,18)(H,19,20). The van der Waals surface area contributed by atoms with E-state index in [0.29, 0.717) is 6.42 Å². The number of carboxylic acids is 1. The molecule has 1 rings (SSSR count). The summed E-state index contributed by atoms with van der Waals surface area (Å²) in [5.41, 5.74) is 0.0608. The molecular formula is C14H19N3O5. The van der Waals surface area contributed by atoms with Gasteiger partial charge < -0.3 is 15.7 Å². The maximum atomic E-state index is 11.8. The van der Waals surface area contributed by atoms with Gasteiger partial charge in [-0.05, 0) is 18.4 Å². The molecule has 0 aliphatic heterocycles. The van der Waals surface area contributed by atoms with Crippen LogP contribution in [0.25, 0.3) is 0 Å². The van der Waals surface area contributed by atoms with Crippen LogP contribution in [0.2, 0.25) is 0 Å². The van der Waals surface area contributed by atoms with E-state index in [-0.39, 0.29) is 23.8 Å². The van der Waals surface area contributed by atoms with Crippen LogP contribution >= 0.6 is 0 Å². The molecule has 3 N–H and O–H groups in total. The monoisotopic (exact) mass is 309 g/mol. The molecule has 0 aromatic heterocycles. The number of amides is 1. The summed E-state index contributed by atoms with van der Waals surface area (Å²) < 4.78 is 0. The number of para-hydroxylation sites is 2. The number of carbonyl (C=O) groups is 2. The van der Waals surface area contributed by atoms with E-state index >= 15 is 0 Å². The van der Waals surface area contributed by atoms with Gasteiger partial charge in [0.15, 0.2) is 0 Å². The van der Waals surface area contributed by atoms with Crippen LogP contribution in [0, 0.1) is 16.0 Å². The minimum Gasteiger partial charge on any atom is -0.480 e. The predicted molar refractivity (Wildman–Crippen MR) is 80.6 cm³/mol. The minimum atomic E-state index is -1.10. The molecule has 8 heteroatoms. The Hall–Kier alpha value is -2.64. The summed E-state index contributed by atoms with van der Waals surface area (Å²) in [5, 5.41) is 24.9. The lowest BCUT2D eigenvalue weighted by Gasteiger charge is -2.16. The van der Waals surface area contributed by atoms with Gasteiger partial charge in [-0.15, -0.1) is 0 Å². The largest absolute Gasteiger partial charge is 0.480 e. The Kier molecular flexibility index (Phi) is 6.30. The highest BCUT2D eigenvalue weighted by molar-refractivity contribution is 5.86. The molecule has 0 spiro atoms. The van der Waals surface area contributed by atoms with E-state index in [4.69, 9.17) is 5.11 Å². The van der Waals surface area contributed by atoms with Crippen LogP contribution in [0.15, 0.2) is 24.3 Å². The summed E-state index contributed by atoms with van der Waals surface area (Å²) >= 11 is 0. The lowest BCUT2D eigenvalue weighted by molar-refractivity contribution is -0.383. The van der Waals surface area contributed by atoms with Crippen molar-refractivity contribution in [2.24, 2.45) is 5.92 Å². The second kappa shape index (κ2) is 7.96. The summed E-state index contributed by atoms with van der Waals surface area (Å²) in [6.45, 7) is 3.47. The van der Waals surface area contributed by atoms with Crippen molar-refractivity contribution < 1.29 is 19.6 Å². The maximum absolute atomic E-state index is 11.8. The third-order valence-corrected chi connectivity index (χ3v) is 2.88. The topological polar surface area (TPSA) is 122 Å². The molecular weight excluding hydrogens is 290 g/mol. The maximum Gasteiger partial charge on any atom is 0.326 e. The highest BCUT2D eigenvalue weighted by atomic mass is 16.6. The average Bonchev–Trinajstić information content (AvgIpc) is 2.44. The summed E-state index contributed by atoms with van der Waals surface area (Å²) in [6, 6.07) is 4.95. The first-order chi connectivity index (χ1) is 10.3. The smallest absolute Gasteiger partial charge is 0.326 e. The normalized spacial score (nSPS) is 11.8. The number of rotatable bonds is 8. The van der Waals surface area contributed by atoms with Gasteiger partial charge in [0.25, 0.3) is 5.69 Å². The van der Waals surface area contributed by atoms with E-state index in [9.17, 15) is 19.7 Å². The van der Waals surface area contributed by atoms with Gasteiger partial charge in [-0.25, -0.2) is 4.79 Å². The van der Waals surface area contributed by atoms with E-state index < -0.39 is 22.8 Å². The highest BCUT2D eigenvalue weighted by Gasteiger charge is 2.21. The fourth-order valence-electron chi connectivity index (χ4n) is 1.90. The third kappa shape index (κ3) is 5.39. The number of carboxylic acid groups (broad SMARTS) is 1. The lowest BCUT2D eigenvalue weighted by atomic mass is 10.0. The van der Waals surface area contributed by atoms with E-state index in [2.05, 4.69) is 10.6 Å². The van der Waals surface area contributed by atoms with E-state index in [1.807, 2.05) is 13.8 Å². The molecule has 0 bridgehead atoms. The lowest BCUT2D eigenvalue weighted by Crippen LogP contribution is -2.44. The van der Waals surface area contributed by atoms with Gasteiger partial charge in [-0.1, -0.05) is 26.0 Å². The molecule has 8 nitrogen and oxygen atoms in total. The van der Waals surface area contributed by atoms with Crippen LogP contribution in [-0.2, 0) is 9.59 Å². The van der Waals surface area contributed by atoms with Crippen LogP contribution in [0.3, 0.4) is 0 Å². The third-order valence-electron chi connectivity index (χ3n) is 2.88. The first-order valence-electron chi connectivity index (χ1n) is 6.80. The van der Waals surface area contributed by atoms with Gasteiger partial charge >= 0.3 is 5.97 Å². The van der Waals surface area contributed by atoms with Gasteiger partial charge in [-0.3, -0.25) is 14.9 Å². The molecule has 0 radical (unpaired) electrons. The number of nitrogens with one attached hydrogen (secondary N) is 2. The number of benzene rings is 1. The Bertz CT molecular complexity index is 559. The molecule has 1 aromatic carbocycles. The van der Waals surface area contributed by atoms with Gasteiger partial charge in [0, 0.05) is 6.07 Å². The van der Waals surface area contributed by atoms with Gasteiger partial charge in [-0.2, -0.15) is 0 Å². The van der Waals surface area contributed by atoms with Gasteiger partial charge in [0.05, 0.1) is 11.5 Å². The molecule has 1 atom stereocenters. The van der Waals surface area contributed by atoms with E-state index in [0.717, 1.165) is 0 Å². The minimum absolute atomic E-state index is 0.115. The Morgan fingerprint density at radius 2 is 1.95 bits per heavy atom. The van der Waals surface area contributed by atoms with Crippen molar-refractivity contribution in [3.8, 4) is 0 Å². The first kappa shape index (κ1) is 17.4. The number of hydrogen-bond acceptors (Lipinski definition) is 5. The molecule has 1 amide bonds. The molecule has 0 aliphatic carbocycles. The van der Waals surface area contributed by atoms with Crippen molar-refractivity contribution in [2.75, 3.05) is 11.9 Å². The zero-order valence-corrected chi connectivity index (χ0v) is 12.4. The fraction of sp³-hybridized carbons (Fsp3) is 0.429. The van der Waals surface area contributed by atoms with Crippen molar-refractivity contribution in [2.45, 2.75) is 26.3 Å². The van der Waals surface area contributed by atoms with Crippen molar-refractivity contribution in [1.29, 1.82) is 0 Å². The second-order valence-electron chi connectivity index (χ2n) is 5.22. The Labute approximate surface area is 127 Å². The quantitative estimate of drug-likeness (QED) is 0.495. The van der Waals surface area contributed by atoms with Crippen molar-refractivity contribution in [3.05, 3.63) is 34.4 Å². The van der Waals surface area contributed by atoms with E-state index in [1.165, 1.54) is 18.2 Å². The van der Waals surface area contributed by atoms with Crippen molar-refractivity contribution in [1.82, 2.24) is 5.32 Å². The second-order valence-corrected chi connectivity index (χ2v) is 5.22. The number of aliphatic carboxylic acids is 1. The molecule has 0 heterocycles. The highest BCUT2D eigenvalue weighted by Crippen LogP contribution is 2.22. The summed E-state index contributed by atoms with van der Waals surface area (Å²) in [7, 11) is 0. The van der Waals surface area contributed by atoms with Crippen LogP contribution in [0.5, 0.6) is 0 Å². The Morgan fingerprint density at radius 1 is 1.32 bits per heavy atom. The van der Waals surface area contributed by atoms with Gasteiger partial charge in [0.2, 0.25) is 5.91 Å². The number of hydrogen-bond donors (Lipinski definition) is 3. The predicted octanol–water partition coefficient (Wildman–Crippen LogP) is 1.62. The molecule has 0 fully saturated rings. The molecule has 0 saturated carbocycles. The molecule has 0 aliphatic rings. The summed E-state index contributed by atoms with van der Waals surface area (Å²) in [4.78, 5) is 33.1. The number of carbonyl (C=O) groups excluding carboxylic acids is 1. The summed E-state index contributed by atoms with van der Waals surface area (Å²) in [5.74, 6) is -1.52. The van der Waals surface area contributed by atoms with Crippen molar-refractivity contribution >= 4 is 23.3 Å². The number of nitro benzene ring substituents is 1.